The fourth-order valence-corrected chi connectivity index (χ4v) is 8.85. The average molecular weight is 815 g/mol. The zero-order valence-corrected chi connectivity index (χ0v) is 35.3. The molecular weight excluding hydrogens is 765 g/mol. The lowest BCUT2D eigenvalue weighted by Crippen LogP contribution is -2.43. The SMILES string of the molecule is COCCOCCn1c(C(=O)O)cc2cc(C)cc(N3CC(C)n4c(c(CCCOc5cc(C)c(Cl)c(C)c5)c5ccc(Cl)c(-c6c(C)nn(C)c6C)c54)C3=O)c21. The van der Waals surface area contributed by atoms with Crippen LogP contribution >= 0.6 is 23.2 Å². The molecule has 0 spiro atoms. The maximum Gasteiger partial charge on any atom is 0.352 e. The fraction of sp³-hybridized carbons (Fsp3) is 0.386. The van der Waals surface area contributed by atoms with Gasteiger partial charge in [-0.2, -0.15) is 5.10 Å². The number of rotatable bonds is 14. The first kappa shape index (κ1) is 40.4. The van der Waals surface area contributed by atoms with E-state index >= 15 is 4.79 Å². The van der Waals surface area contributed by atoms with Crippen LogP contribution in [0.5, 0.6) is 5.75 Å². The molecule has 0 aliphatic carbocycles. The topological polar surface area (TPSA) is 113 Å². The third-order valence-corrected chi connectivity index (χ3v) is 12.0. The first-order valence-electron chi connectivity index (χ1n) is 19.2. The van der Waals surface area contributed by atoms with Crippen LogP contribution in [0.3, 0.4) is 0 Å². The van der Waals surface area contributed by atoms with Crippen molar-refractivity contribution in [1.82, 2.24) is 18.9 Å². The van der Waals surface area contributed by atoms with E-state index in [-0.39, 0.29) is 30.8 Å². The molecule has 1 aliphatic heterocycles. The highest BCUT2D eigenvalue weighted by molar-refractivity contribution is 6.35. The average Bonchev–Trinajstić information content (AvgIpc) is 3.78. The molecule has 1 amide bonds. The van der Waals surface area contributed by atoms with Gasteiger partial charge in [-0.25, -0.2) is 4.79 Å². The summed E-state index contributed by atoms with van der Waals surface area (Å²) < 4.78 is 22.9. The summed E-state index contributed by atoms with van der Waals surface area (Å²) in [5.74, 6) is -0.468. The molecular formula is C44H49Cl2N5O6. The van der Waals surface area contributed by atoms with Gasteiger partial charge in [0.25, 0.3) is 5.91 Å². The highest BCUT2D eigenvalue weighted by Gasteiger charge is 2.38. The van der Waals surface area contributed by atoms with Gasteiger partial charge < -0.3 is 33.4 Å². The Morgan fingerprint density at radius 1 is 0.947 bits per heavy atom. The van der Waals surface area contributed by atoms with Gasteiger partial charge in [0, 0.05) is 65.9 Å². The number of carboxylic acids is 1. The number of nitrogens with zero attached hydrogens (tertiary/aromatic N) is 5. The number of aromatic nitrogens is 4. The summed E-state index contributed by atoms with van der Waals surface area (Å²) in [6.45, 7) is 14.2. The van der Waals surface area contributed by atoms with E-state index in [4.69, 9.17) is 42.5 Å². The van der Waals surface area contributed by atoms with Gasteiger partial charge in [0.1, 0.15) is 17.1 Å². The first-order chi connectivity index (χ1) is 27.2. The highest BCUT2D eigenvalue weighted by atomic mass is 35.5. The Bertz CT molecular complexity index is 2530. The molecule has 4 heterocycles. The van der Waals surface area contributed by atoms with Crippen molar-refractivity contribution in [3.05, 3.63) is 97.5 Å². The molecule has 6 aromatic rings. The second-order valence-corrected chi connectivity index (χ2v) is 15.9. The fourth-order valence-electron chi connectivity index (χ4n) is 8.49. The van der Waals surface area contributed by atoms with E-state index < -0.39 is 5.97 Å². The van der Waals surface area contributed by atoms with Crippen LogP contribution in [0.4, 0.5) is 5.69 Å². The van der Waals surface area contributed by atoms with E-state index in [1.165, 1.54) is 0 Å². The van der Waals surface area contributed by atoms with Crippen molar-refractivity contribution >= 4 is 62.6 Å². The number of anilines is 1. The number of benzene rings is 3. The molecule has 0 saturated heterocycles. The molecule has 1 aliphatic rings. The third-order valence-electron chi connectivity index (χ3n) is 11.1. The Hall–Kier alpha value is -4.81. The van der Waals surface area contributed by atoms with E-state index in [1.54, 1.807) is 17.7 Å². The van der Waals surface area contributed by atoms with E-state index in [9.17, 15) is 9.90 Å². The number of hydrogen-bond donors (Lipinski definition) is 1. The Labute approximate surface area is 342 Å². The minimum absolute atomic E-state index is 0.132. The van der Waals surface area contributed by atoms with Crippen molar-refractivity contribution in [1.29, 1.82) is 0 Å². The summed E-state index contributed by atoms with van der Waals surface area (Å²) in [5, 5.41) is 18.1. The molecule has 13 heteroatoms. The number of fused-ring (bicyclic) bond motifs is 4. The predicted molar refractivity (Wildman–Crippen MR) is 226 cm³/mol. The molecule has 0 bridgehead atoms. The quantitative estimate of drug-likeness (QED) is 0.109. The number of ether oxygens (including phenoxy) is 3. The standard InChI is InChI=1S/C44H49Cl2N5O6/c1-24-18-30-22-36(44(53)54)49(13-15-56-17-16-55-8)40(30)35(19-24)50-23-27(4)51-41-33(11-12-34(45)38(41)37-28(5)47-48(7)29(37)6)32(42(51)43(50)52)10-9-14-57-31-20-25(2)39(46)26(3)21-31/h11-12,18-22,27H,9-10,13-17,23H2,1-8H3,(H,53,54). The number of carbonyl (C=O) groups excluding carboxylic acids is 1. The highest BCUT2D eigenvalue weighted by Crippen LogP contribution is 2.46. The second kappa shape index (κ2) is 16.2. The zero-order chi connectivity index (χ0) is 40.9. The van der Waals surface area contributed by atoms with Crippen LogP contribution in [0.15, 0.2) is 42.5 Å². The van der Waals surface area contributed by atoms with E-state index in [2.05, 4.69) is 11.5 Å². The molecule has 7 rings (SSSR count). The van der Waals surface area contributed by atoms with Crippen molar-refractivity contribution in [3.8, 4) is 16.9 Å². The summed E-state index contributed by atoms with van der Waals surface area (Å²) in [4.78, 5) is 29.8. The molecule has 1 atom stereocenters. The molecule has 11 nitrogen and oxygen atoms in total. The van der Waals surface area contributed by atoms with Gasteiger partial charge in [0.15, 0.2) is 0 Å². The van der Waals surface area contributed by atoms with Crippen molar-refractivity contribution in [3.63, 3.8) is 0 Å². The Morgan fingerprint density at radius 2 is 1.68 bits per heavy atom. The Kier molecular flexibility index (Phi) is 11.5. The van der Waals surface area contributed by atoms with Crippen LogP contribution in [0.1, 0.15) is 74.0 Å². The number of amides is 1. The largest absolute Gasteiger partial charge is 0.494 e. The zero-order valence-electron chi connectivity index (χ0n) is 33.8. The Morgan fingerprint density at radius 3 is 2.35 bits per heavy atom. The number of aromatic carboxylic acids is 1. The van der Waals surface area contributed by atoms with Crippen LogP contribution in [0, 0.1) is 34.6 Å². The number of carboxylic acid groups (broad SMARTS) is 1. The van der Waals surface area contributed by atoms with Gasteiger partial charge in [-0.05, 0) is 113 Å². The minimum atomic E-state index is -1.05. The smallest absolute Gasteiger partial charge is 0.352 e. The molecule has 0 saturated carbocycles. The lowest BCUT2D eigenvalue weighted by Gasteiger charge is -2.35. The molecule has 3 aromatic carbocycles. The second-order valence-electron chi connectivity index (χ2n) is 15.1. The molecule has 57 heavy (non-hydrogen) atoms. The third kappa shape index (κ3) is 7.31. The van der Waals surface area contributed by atoms with Gasteiger partial charge in [-0.15, -0.1) is 0 Å². The van der Waals surface area contributed by atoms with Crippen LogP contribution < -0.4 is 9.64 Å². The summed E-state index contributed by atoms with van der Waals surface area (Å²) in [5.41, 5.74) is 10.3. The molecule has 1 N–H and O–H groups in total. The van der Waals surface area contributed by atoms with Gasteiger partial charge in [0.05, 0.1) is 53.9 Å². The first-order valence-corrected chi connectivity index (χ1v) is 20.0. The normalized spacial score (nSPS) is 14.3. The molecule has 3 aromatic heterocycles. The van der Waals surface area contributed by atoms with Crippen LogP contribution in [-0.2, 0) is 29.5 Å². The lowest BCUT2D eigenvalue weighted by atomic mass is 9.98. The van der Waals surface area contributed by atoms with Crippen molar-refractivity contribution in [2.24, 2.45) is 7.05 Å². The summed E-state index contributed by atoms with van der Waals surface area (Å²) >= 11 is 13.6. The summed E-state index contributed by atoms with van der Waals surface area (Å²) in [7, 11) is 3.53. The lowest BCUT2D eigenvalue weighted by molar-refractivity contribution is 0.0632. The van der Waals surface area contributed by atoms with Gasteiger partial charge >= 0.3 is 5.97 Å². The van der Waals surface area contributed by atoms with Crippen molar-refractivity contribution in [2.45, 2.75) is 67.0 Å². The van der Waals surface area contributed by atoms with Crippen LogP contribution in [0.2, 0.25) is 10.0 Å². The monoisotopic (exact) mass is 813 g/mol. The van der Waals surface area contributed by atoms with Crippen molar-refractivity contribution < 1.29 is 28.9 Å². The molecule has 0 radical (unpaired) electrons. The molecule has 1 unspecified atom stereocenters. The maximum absolute atomic E-state index is 15.4. The van der Waals surface area contributed by atoms with Crippen molar-refractivity contribution in [2.75, 3.05) is 45.0 Å². The number of halogens is 2. The Balaban J connectivity index is 1.37. The van der Waals surface area contributed by atoms with Crippen LogP contribution in [-0.4, -0.2) is 76.0 Å². The molecule has 0 fully saturated rings. The summed E-state index contributed by atoms with van der Waals surface area (Å²) in [6, 6.07) is 13.3. The number of methoxy groups -OCH3 is 1. The van der Waals surface area contributed by atoms with Gasteiger partial charge in [-0.1, -0.05) is 29.3 Å². The summed E-state index contributed by atoms with van der Waals surface area (Å²) in [6.07, 6.45) is 1.20. The number of carbonyl (C=O) groups is 2. The van der Waals surface area contributed by atoms with E-state index in [1.807, 2.05) is 87.6 Å². The molecule has 300 valence electrons. The maximum atomic E-state index is 15.4. The number of hydrogen-bond acceptors (Lipinski definition) is 6. The van der Waals surface area contributed by atoms with E-state index in [0.717, 1.165) is 71.8 Å². The van der Waals surface area contributed by atoms with Gasteiger partial charge in [0.2, 0.25) is 0 Å². The van der Waals surface area contributed by atoms with E-state index in [0.29, 0.717) is 61.1 Å². The van der Waals surface area contributed by atoms with Gasteiger partial charge in [-0.3, -0.25) is 9.48 Å². The predicted octanol–water partition coefficient (Wildman–Crippen LogP) is 9.44. The van der Waals surface area contributed by atoms with Crippen LogP contribution in [0.25, 0.3) is 32.9 Å². The number of aryl methyl sites for hydroxylation is 6. The minimum Gasteiger partial charge on any atom is -0.494 e.